The molecule has 1 atom stereocenters. The molecule has 0 saturated carbocycles. The first-order valence-electron chi connectivity index (χ1n) is 4.61. The van der Waals surface area contributed by atoms with Crippen LogP contribution in [0.5, 0.6) is 11.5 Å². The number of hydrogen-bond donors (Lipinski definition) is 2. The van der Waals surface area contributed by atoms with Crippen LogP contribution in [-0.4, -0.2) is 24.2 Å². The van der Waals surface area contributed by atoms with E-state index in [1.807, 2.05) is 0 Å². The summed E-state index contributed by atoms with van der Waals surface area (Å²) in [6.07, 6.45) is 0.551. The normalized spacial score (nSPS) is 14.5. The third-order valence-electron chi connectivity index (χ3n) is 2.36. The molecular formula is C10H8ClNO5. The minimum Gasteiger partial charge on any atom is -0.480 e. The van der Waals surface area contributed by atoms with E-state index in [0.717, 1.165) is 0 Å². The average molecular weight is 258 g/mol. The van der Waals surface area contributed by atoms with Crippen LogP contribution >= 0.6 is 11.6 Å². The first-order valence-corrected chi connectivity index (χ1v) is 4.99. The third-order valence-corrected chi connectivity index (χ3v) is 2.68. The molecule has 0 spiro atoms. The Morgan fingerprint density at radius 2 is 2.18 bits per heavy atom. The second kappa shape index (κ2) is 4.23. The number of fused-ring (bicyclic) bond motifs is 1. The van der Waals surface area contributed by atoms with Gasteiger partial charge in [0.25, 0.3) is 0 Å². The molecule has 0 amide bonds. The van der Waals surface area contributed by atoms with Crippen molar-refractivity contribution in [2.75, 3.05) is 6.79 Å². The van der Waals surface area contributed by atoms with Gasteiger partial charge in [-0.15, -0.1) is 0 Å². The number of hydrogen-bond acceptors (Lipinski definition) is 5. The van der Waals surface area contributed by atoms with Crippen LogP contribution in [-0.2, 0) is 4.79 Å². The highest BCUT2D eigenvalue weighted by Gasteiger charge is 2.30. The van der Waals surface area contributed by atoms with E-state index in [0.29, 0.717) is 6.29 Å². The van der Waals surface area contributed by atoms with E-state index in [1.54, 1.807) is 0 Å². The maximum Gasteiger partial charge on any atom is 0.325 e. The second-order valence-corrected chi connectivity index (χ2v) is 3.77. The Morgan fingerprint density at radius 3 is 2.76 bits per heavy atom. The Balaban J connectivity index is 2.65. The number of nitrogens with two attached hydrogens (primary N) is 1. The SMILES string of the molecule is NC(C(=O)O)c1c(Cl)cc(C=O)c2c1OCO2. The van der Waals surface area contributed by atoms with Gasteiger partial charge in [0, 0.05) is 5.56 Å². The van der Waals surface area contributed by atoms with E-state index < -0.39 is 12.0 Å². The molecule has 1 aromatic carbocycles. The molecule has 7 heteroatoms. The number of rotatable bonds is 3. The lowest BCUT2D eigenvalue weighted by atomic mass is 10.0. The van der Waals surface area contributed by atoms with E-state index >= 15 is 0 Å². The van der Waals surface area contributed by atoms with E-state index in [2.05, 4.69) is 0 Å². The zero-order valence-corrected chi connectivity index (χ0v) is 9.23. The summed E-state index contributed by atoms with van der Waals surface area (Å²) in [7, 11) is 0. The number of halogens is 1. The fraction of sp³-hybridized carbons (Fsp3) is 0.200. The van der Waals surface area contributed by atoms with Crippen molar-refractivity contribution in [1.82, 2.24) is 0 Å². The number of aliphatic carboxylic acids is 1. The molecule has 17 heavy (non-hydrogen) atoms. The largest absolute Gasteiger partial charge is 0.480 e. The molecule has 90 valence electrons. The molecule has 0 bridgehead atoms. The summed E-state index contributed by atoms with van der Waals surface area (Å²) in [5, 5.41) is 8.93. The summed E-state index contributed by atoms with van der Waals surface area (Å²) in [6, 6.07) is -0.0288. The Labute approximate surface area is 101 Å². The van der Waals surface area contributed by atoms with Gasteiger partial charge in [-0.3, -0.25) is 9.59 Å². The first-order chi connectivity index (χ1) is 8.06. The molecule has 0 aliphatic carbocycles. The highest BCUT2D eigenvalue weighted by atomic mass is 35.5. The molecule has 1 heterocycles. The topological polar surface area (TPSA) is 98.9 Å². The van der Waals surface area contributed by atoms with Crippen molar-refractivity contribution in [2.45, 2.75) is 6.04 Å². The van der Waals surface area contributed by atoms with Gasteiger partial charge in [-0.1, -0.05) is 11.6 Å². The van der Waals surface area contributed by atoms with Gasteiger partial charge < -0.3 is 20.3 Å². The Morgan fingerprint density at radius 1 is 1.53 bits per heavy atom. The number of carboxylic acid groups (broad SMARTS) is 1. The molecule has 1 unspecified atom stereocenters. The number of carbonyl (C=O) groups excluding carboxylic acids is 1. The predicted molar refractivity (Wildman–Crippen MR) is 57.5 cm³/mol. The maximum atomic E-state index is 10.9. The van der Waals surface area contributed by atoms with Crippen LogP contribution in [0.15, 0.2) is 6.07 Å². The summed E-state index contributed by atoms with van der Waals surface area (Å²) in [5.74, 6) is -0.950. The minimum absolute atomic E-state index is 0.0613. The smallest absolute Gasteiger partial charge is 0.325 e. The van der Waals surface area contributed by atoms with Crippen molar-refractivity contribution in [2.24, 2.45) is 5.73 Å². The minimum atomic E-state index is -1.33. The fourth-order valence-corrected chi connectivity index (χ4v) is 1.90. The number of carbonyl (C=O) groups is 2. The van der Waals surface area contributed by atoms with Crippen LogP contribution in [0.2, 0.25) is 5.02 Å². The molecule has 0 fully saturated rings. The Bertz CT molecular complexity index is 502. The van der Waals surface area contributed by atoms with Crippen molar-refractivity contribution in [3.63, 3.8) is 0 Å². The van der Waals surface area contributed by atoms with Gasteiger partial charge in [0.1, 0.15) is 6.04 Å². The molecule has 1 aromatic rings. The lowest BCUT2D eigenvalue weighted by Gasteiger charge is -2.13. The molecule has 1 aliphatic heterocycles. The van der Waals surface area contributed by atoms with Gasteiger partial charge in [0.15, 0.2) is 17.8 Å². The predicted octanol–water partition coefficient (Wildman–Crippen LogP) is 0.966. The lowest BCUT2D eigenvalue weighted by molar-refractivity contribution is -0.138. The summed E-state index contributed by atoms with van der Waals surface area (Å²) in [6.45, 7) is -0.101. The molecule has 2 rings (SSSR count). The van der Waals surface area contributed by atoms with Crippen LogP contribution in [0.1, 0.15) is 22.0 Å². The fourth-order valence-electron chi connectivity index (χ4n) is 1.58. The van der Waals surface area contributed by atoms with Crippen LogP contribution in [0.4, 0.5) is 0 Å². The average Bonchev–Trinajstić information content (AvgIpc) is 2.75. The van der Waals surface area contributed by atoms with Gasteiger partial charge in [-0.05, 0) is 6.07 Å². The van der Waals surface area contributed by atoms with Crippen molar-refractivity contribution < 1.29 is 24.2 Å². The van der Waals surface area contributed by atoms with Crippen LogP contribution in [0, 0.1) is 0 Å². The number of carboxylic acids is 1. The molecular weight excluding hydrogens is 250 g/mol. The highest BCUT2D eigenvalue weighted by Crippen LogP contribution is 2.44. The zero-order valence-electron chi connectivity index (χ0n) is 8.47. The van der Waals surface area contributed by atoms with Crippen molar-refractivity contribution in [3.05, 3.63) is 22.2 Å². The number of aldehydes is 1. The van der Waals surface area contributed by atoms with Crippen molar-refractivity contribution in [3.8, 4) is 11.5 Å². The van der Waals surface area contributed by atoms with Gasteiger partial charge in [-0.2, -0.15) is 0 Å². The Hall–Kier alpha value is -1.79. The summed E-state index contributed by atoms with van der Waals surface area (Å²) in [4.78, 5) is 21.6. The highest BCUT2D eigenvalue weighted by molar-refractivity contribution is 6.32. The number of benzene rings is 1. The van der Waals surface area contributed by atoms with Crippen LogP contribution in [0.3, 0.4) is 0 Å². The molecule has 0 radical (unpaired) electrons. The molecule has 1 aliphatic rings. The standard InChI is InChI=1S/C10H8ClNO5/c11-5-1-4(2-13)8-9(17-3-16-8)6(5)7(12)10(14)15/h1-2,7H,3,12H2,(H,14,15). The summed E-state index contributed by atoms with van der Waals surface area (Å²) in [5.41, 5.74) is 5.80. The van der Waals surface area contributed by atoms with Crippen molar-refractivity contribution in [1.29, 1.82) is 0 Å². The van der Waals surface area contributed by atoms with E-state index in [4.69, 9.17) is 31.9 Å². The maximum absolute atomic E-state index is 10.9. The van der Waals surface area contributed by atoms with Gasteiger partial charge >= 0.3 is 5.97 Å². The Kier molecular flexibility index (Phi) is 2.91. The van der Waals surface area contributed by atoms with Crippen LogP contribution in [0.25, 0.3) is 0 Å². The first kappa shape index (κ1) is 11.7. The van der Waals surface area contributed by atoms with E-state index in [9.17, 15) is 9.59 Å². The third kappa shape index (κ3) is 1.81. The van der Waals surface area contributed by atoms with Gasteiger partial charge in [0.2, 0.25) is 6.79 Å². The van der Waals surface area contributed by atoms with E-state index in [-0.39, 0.29) is 34.4 Å². The quantitative estimate of drug-likeness (QED) is 0.783. The molecule has 0 aromatic heterocycles. The van der Waals surface area contributed by atoms with Crippen LogP contribution < -0.4 is 15.2 Å². The molecule has 0 saturated heterocycles. The second-order valence-electron chi connectivity index (χ2n) is 3.36. The van der Waals surface area contributed by atoms with Gasteiger partial charge in [-0.25, -0.2) is 0 Å². The molecule has 6 nitrogen and oxygen atoms in total. The monoisotopic (exact) mass is 257 g/mol. The zero-order chi connectivity index (χ0) is 12.6. The summed E-state index contributed by atoms with van der Waals surface area (Å²) < 4.78 is 10.2. The number of ether oxygens (including phenoxy) is 2. The molecule has 3 N–H and O–H groups in total. The van der Waals surface area contributed by atoms with Gasteiger partial charge in [0.05, 0.1) is 10.6 Å². The van der Waals surface area contributed by atoms with E-state index in [1.165, 1.54) is 6.07 Å². The summed E-state index contributed by atoms with van der Waals surface area (Å²) >= 11 is 5.89. The lowest BCUT2D eigenvalue weighted by Crippen LogP contribution is -2.21. The van der Waals surface area contributed by atoms with Crippen molar-refractivity contribution >= 4 is 23.9 Å².